The van der Waals surface area contributed by atoms with Crippen LogP contribution in [0.2, 0.25) is 0 Å². The second kappa shape index (κ2) is 8.22. The molecule has 2 N–H and O–H groups in total. The van der Waals surface area contributed by atoms with Crippen molar-refractivity contribution in [2.45, 2.75) is 0 Å². The lowest BCUT2D eigenvalue weighted by atomic mass is 10.0. The summed E-state index contributed by atoms with van der Waals surface area (Å²) in [7, 11) is 0. The first-order chi connectivity index (χ1) is 14.2. The number of aromatic nitrogens is 3. The topological polar surface area (TPSA) is 102 Å². The smallest absolute Gasteiger partial charge is 0.336 e. The van der Waals surface area contributed by atoms with Crippen molar-refractivity contribution in [2.75, 3.05) is 6.61 Å². The third-order valence-electron chi connectivity index (χ3n) is 4.15. The molecule has 0 unspecified atom stereocenters. The number of hydrogen-bond acceptors (Lipinski definition) is 6. The van der Waals surface area contributed by atoms with Gasteiger partial charge >= 0.3 is 6.01 Å². The number of phenols is 1. The van der Waals surface area contributed by atoms with E-state index in [1.807, 2.05) is 60.7 Å². The molecular formula is C21H17N5O3. The molecule has 0 saturated heterocycles. The van der Waals surface area contributed by atoms with Crippen LogP contribution in [0.5, 0.6) is 11.8 Å². The minimum atomic E-state index is -0.475. The Morgan fingerprint density at radius 2 is 1.90 bits per heavy atom. The van der Waals surface area contributed by atoms with Gasteiger partial charge in [-0.25, -0.2) is 10.1 Å². The SMILES string of the molecule is O=C(COc1ncn(-c2ccccc2)n1)N/N=C/c1c(O)ccc2ccccc12. The number of phenolic OH excluding ortho intramolecular Hbond substituents is 1. The lowest BCUT2D eigenvalue weighted by molar-refractivity contribution is -0.123. The molecular weight excluding hydrogens is 370 g/mol. The lowest BCUT2D eigenvalue weighted by Gasteiger charge is -2.05. The fourth-order valence-electron chi connectivity index (χ4n) is 2.77. The number of amides is 1. The molecule has 0 fully saturated rings. The third-order valence-corrected chi connectivity index (χ3v) is 4.15. The van der Waals surface area contributed by atoms with Crippen LogP contribution in [-0.2, 0) is 4.79 Å². The summed E-state index contributed by atoms with van der Waals surface area (Å²) in [6.45, 7) is -0.294. The summed E-state index contributed by atoms with van der Waals surface area (Å²) in [6.07, 6.45) is 2.90. The first-order valence-corrected chi connectivity index (χ1v) is 8.83. The predicted molar refractivity (Wildman–Crippen MR) is 108 cm³/mol. The van der Waals surface area contributed by atoms with Gasteiger partial charge in [0, 0.05) is 5.56 Å². The van der Waals surface area contributed by atoms with Crippen molar-refractivity contribution in [3.8, 4) is 17.4 Å². The van der Waals surface area contributed by atoms with Crippen LogP contribution in [0, 0.1) is 0 Å². The number of hydrazone groups is 1. The molecule has 0 atom stereocenters. The first-order valence-electron chi connectivity index (χ1n) is 8.83. The first kappa shape index (κ1) is 18.2. The second-order valence-corrected chi connectivity index (χ2v) is 6.11. The molecule has 0 aliphatic rings. The quantitative estimate of drug-likeness (QED) is 0.391. The summed E-state index contributed by atoms with van der Waals surface area (Å²) >= 11 is 0. The van der Waals surface area contributed by atoms with Crippen LogP contribution in [0.1, 0.15) is 5.56 Å². The van der Waals surface area contributed by atoms with E-state index in [0.717, 1.165) is 16.5 Å². The van der Waals surface area contributed by atoms with Crippen LogP contribution in [0.4, 0.5) is 0 Å². The van der Waals surface area contributed by atoms with Gasteiger partial charge in [-0.2, -0.15) is 10.1 Å². The van der Waals surface area contributed by atoms with Gasteiger partial charge < -0.3 is 9.84 Å². The Morgan fingerprint density at radius 3 is 2.76 bits per heavy atom. The average molecular weight is 387 g/mol. The maximum atomic E-state index is 12.0. The van der Waals surface area contributed by atoms with E-state index in [4.69, 9.17) is 4.74 Å². The van der Waals surface area contributed by atoms with Crippen LogP contribution in [0.15, 0.2) is 78.2 Å². The molecule has 3 aromatic carbocycles. The standard InChI is InChI=1S/C21H17N5O3/c27-19-11-10-15-6-4-5-9-17(15)18(19)12-23-24-20(28)13-29-21-22-14-26(25-21)16-7-2-1-3-8-16/h1-12,14,27H,13H2,(H,24,28)/b23-12+. The second-order valence-electron chi connectivity index (χ2n) is 6.11. The molecule has 0 aliphatic heterocycles. The van der Waals surface area contributed by atoms with Crippen molar-refractivity contribution >= 4 is 22.9 Å². The number of rotatable bonds is 6. The summed E-state index contributed by atoms with van der Waals surface area (Å²) < 4.78 is 6.84. The Kier molecular flexibility index (Phi) is 5.15. The monoisotopic (exact) mass is 387 g/mol. The molecule has 4 aromatic rings. The number of aromatic hydroxyl groups is 1. The van der Waals surface area contributed by atoms with Gasteiger partial charge in [0.25, 0.3) is 5.91 Å². The highest BCUT2D eigenvalue weighted by atomic mass is 16.5. The van der Waals surface area contributed by atoms with E-state index in [1.165, 1.54) is 12.5 Å². The molecule has 0 aliphatic carbocycles. The van der Waals surface area contributed by atoms with Gasteiger partial charge in [0.1, 0.15) is 12.1 Å². The molecule has 29 heavy (non-hydrogen) atoms. The number of ether oxygens (including phenoxy) is 1. The maximum absolute atomic E-state index is 12.0. The molecule has 4 rings (SSSR count). The molecule has 8 heteroatoms. The molecule has 8 nitrogen and oxygen atoms in total. The average Bonchev–Trinajstić information content (AvgIpc) is 3.24. The highest BCUT2D eigenvalue weighted by Gasteiger charge is 2.08. The van der Waals surface area contributed by atoms with Crippen LogP contribution in [0.3, 0.4) is 0 Å². The molecule has 0 spiro atoms. The Balaban J connectivity index is 1.35. The Labute approximate surface area is 166 Å². The summed E-state index contributed by atoms with van der Waals surface area (Å²) in [5, 5.41) is 19.9. The van der Waals surface area contributed by atoms with Gasteiger partial charge in [0.15, 0.2) is 6.61 Å². The van der Waals surface area contributed by atoms with Crippen LogP contribution >= 0.6 is 0 Å². The summed E-state index contributed by atoms with van der Waals surface area (Å²) in [5.74, 6) is -0.398. The van der Waals surface area contributed by atoms with E-state index in [-0.39, 0.29) is 18.4 Å². The van der Waals surface area contributed by atoms with E-state index in [2.05, 4.69) is 20.6 Å². The molecule has 0 radical (unpaired) electrons. The van der Waals surface area contributed by atoms with Crippen molar-refractivity contribution in [2.24, 2.45) is 5.10 Å². The lowest BCUT2D eigenvalue weighted by Crippen LogP contribution is -2.24. The maximum Gasteiger partial charge on any atom is 0.336 e. The fraction of sp³-hybridized carbons (Fsp3) is 0.0476. The van der Waals surface area contributed by atoms with E-state index >= 15 is 0 Å². The van der Waals surface area contributed by atoms with Crippen molar-refractivity contribution < 1.29 is 14.6 Å². The van der Waals surface area contributed by atoms with Gasteiger partial charge in [0.05, 0.1) is 11.9 Å². The van der Waals surface area contributed by atoms with Crippen molar-refractivity contribution in [1.82, 2.24) is 20.2 Å². The molecule has 1 heterocycles. The summed E-state index contributed by atoms with van der Waals surface area (Å²) in [5.41, 5.74) is 3.72. The van der Waals surface area contributed by atoms with E-state index in [1.54, 1.807) is 10.7 Å². The highest BCUT2D eigenvalue weighted by Crippen LogP contribution is 2.25. The number of para-hydroxylation sites is 1. The minimum absolute atomic E-state index is 0.0774. The fourth-order valence-corrected chi connectivity index (χ4v) is 2.77. The molecule has 144 valence electrons. The number of carbonyl (C=O) groups is 1. The number of benzene rings is 3. The van der Waals surface area contributed by atoms with Crippen LogP contribution < -0.4 is 10.2 Å². The number of nitrogens with one attached hydrogen (secondary N) is 1. The molecule has 0 saturated carbocycles. The predicted octanol–water partition coefficient (Wildman–Crippen LogP) is 2.66. The van der Waals surface area contributed by atoms with Gasteiger partial charge in [-0.3, -0.25) is 4.79 Å². The number of carbonyl (C=O) groups excluding carboxylic acids is 1. The van der Waals surface area contributed by atoms with Crippen molar-refractivity contribution in [3.05, 3.63) is 78.6 Å². The zero-order chi connectivity index (χ0) is 20.1. The van der Waals surface area contributed by atoms with Gasteiger partial charge in [0.2, 0.25) is 0 Å². The number of hydrogen-bond donors (Lipinski definition) is 2. The van der Waals surface area contributed by atoms with Gasteiger partial charge in [-0.1, -0.05) is 48.5 Å². The van der Waals surface area contributed by atoms with Crippen molar-refractivity contribution in [1.29, 1.82) is 0 Å². The summed E-state index contributed by atoms with van der Waals surface area (Å²) in [6, 6.07) is 20.5. The summed E-state index contributed by atoms with van der Waals surface area (Å²) in [4.78, 5) is 16.0. The molecule has 1 aromatic heterocycles. The van der Waals surface area contributed by atoms with Crippen molar-refractivity contribution in [3.63, 3.8) is 0 Å². The highest BCUT2D eigenvalue weighted by molar-refractivity contribution is 6.02. The van der Waals surface area contributed by atoms with Gasteiger partial charge in [-0.05, 0) is 29.0 Å². The van der Waals surface area contributed by atoms with Crippen LogP contribution in [-0.4, -0.2) is 38.6 Å². The third kappa shape index (κ3) is 4.22. The Hall–Kier alpha value is -4.20. The van der Waals surface area contributed by atoms with Crippen LogP contribution in [0.25, 0.3) is 16.5 Å². The van der Waals surface area contributed by atoms with Gasteiger partial charge in [-0.15, -0.1) is 5.10 Å². The zero-order valence-electron chi connectivity index (χ0n) is 15.3. The minimum Gasteiger partial charge on any atom is -0.507 e. The molecule has 1 amide bonds. The Morgan fingerprint density at radius 1 is 1.10 bits per heavy atom. The van der Waals surface area contributed by atoms with E-state index in [9.17, 15) is 9.90 Å². The largest absolute Gasteiger partial charge is 0.507 e. The number of nitrogens with zero attached hydrogens (tertiary/aromatic N) is 4. The molecule has 0 bridgehead atoms. The zero-order valence-corrected chi connectivity index (χ0v) is 15.3. The van der Waals surface area contributed by atoms with E-state index < -0.39 is 5.91 Å². The normalized spacial score (nSPS) is 11.0. The Bertz CT molecular complexity index is 1170. The van der Waals surface area contributed by atoms with E-state index in [0.29, 0.717) is 5.56 Å². The number of fused-ring (bicyclic) bond motifs is 1.